The van der Waals surface area contributed by atoms with Gasteiger partial charge in [-0.05, 0) is 24.3 Å². The minimum Gasteiger partial charge on any atom is -0.493 e. The molecular formula is C20H22FN3O5. The Morgan fingerprint density at radius 3 is 2.21 bits per heavy atom. The van der Waals surface area contributed by atoms with Crippen molar-refractivity contribution in [3.8, 4) is 17.2 Å². The zero-order valence-electron chi connectivity index (χ0n) is 16.4. The number of benzene rings is 2. The SMILES string of the molecule is COc1cc(NC(=O)CN2CCN(c3ccc(F)cc3)C2=O)cc(OC)c1OC. The molecule has 0 radical (unpaired) electrons. The Morgan fingerprint density at radius 1 is 1.03 bits per heavy atom. The highest BCUT2D eigenvalue weighted by atomic mass is 19.1. The number of urea groups is 1. The molecular weight excluding hydrogens is 381 g/mol. The highest BCUT2D eigenvalue weighted by Crippen LogP contribution is 2.39. The van der Waals surface area contributed by atoms with Crippen LogP contribution in [0.25, 0.3) is 0 Å². The third-order valence-corrected chi connectivity index (χ3v) is 4.52. The largest absolute Gasteiger partial charge is 0.493 e. The van der Waals surface area contributed by atoms with Crippen LogP contribution in [0.1, 0.15) is 0 Å². The molecule has 1 heterocycles. The maximum Gasteiger partial charge on any atom is 0.325 e. The summed E-state index contributed by atoms with van der Waals surface area (Å²) in [6, 6.07) is 8.56. The van der Waals surface area contributed by atoms with Gasteiger partial charge in [-0.3, -0.25) is 9.69 Å². The van der Waals surface area contributed by atoms with Crippen LogP contribution in [0.3, 0.4) is 0 Å². The first-order valence-electron chi connectivity index (χ1n) is 8.88. The zero-order chi connectivity index (χ0) is 21.0. The molecule has 0 aromatic heterocycles. The summed E-state index contributed by atoms with van der Waals surface area (Å²) in [6.45, 7) is 0.688. The summed E-state index contributed by atoms with van der Waals surface area (Å²) in [5.41, 5.74) is 1.04. The van der Waals surface area contributed by atoms with E-state index in [2.05, 4.69) is 5.32 Å². The summed E-state index contributed by atoms with van der Waals surface area (Å²) in [7, 11) is 4.45. The van der Waals surface area contributed by atoms with E-state index in [1.807, 2.05) is 0 Å². The molecule has 1 aliphatic rings. The maximum atomic E-state index is 13.1. The molecule has 0 spiro atoms. The lowest BCUT2D eigenvalue weighted by Crippen LogP contribution is -2.37. The predicted molar refractivity (Wildman–Crippen MR) is 105 cm³/mol. The Kier molecular flexibility index (Phi) is 6.06. The van der Waals surface area contributed by atoms with Gasteiger partial charge in [0, 0.05) is 36.6 Å². The van der Waals surface area contributed by atoms with E-state index in [0.29, 0.717) is 41.7 Å². The van der Waals surface area contributed by atoms with Crippen molar-refractivity contribution >= 4 is 23.3 Å². The number of carbonyl (C=O) groups is 2. The summed E-state index contributed by atoms with van der Waals surface area (Å²) in [4.78, 5) is 28.0. The molecule has 2 aromatic carbocycles. The molecule has 0 saturated carbocycles. The predicted octanol–water partition coefficient (Wildman–Crippen LogP) is 2.73. The van der Waals surface area contributed by atoms with Gasteiger partial charge in [-0.25, -0.2) is 9.18 Å². The Balaban J connectivity index is 1.67. The summed E-state index contributed by atoms with van der Waals surface area (Å²) < 4.78 is 28.9. The van der Waals surface area contributed by atoms with Gasteiger partial charge >= 0.3 is 6.03 Å². The lowest BCUT2D eigenvalue weighted by Gasteiger charge is -2.19. The molecule has 0 unspecified atom stereocenters. The highest BCUT2D eigenvalue weighted by molar-refractivity contribution is 5.99. The van der Waals surface area contributed by atoms with Gasteiger partial charge in [0.25, 0.3) is 0 Å². The third-order valence-electron chi connectivity index (χ3n) is 4.52. The van der Waals surface area contributed by atoms with Crippen LogP contribution in [0.5, 0.6) is 17.2 Å². The quantitative estimate of drug-likeness (QED) is 0.769. The maximum absolute atomic E-state index is 13.1. The normalized spacial score (nSPS) is 13.4. The smallest absolute Gasteiger partial charge is 0.325 e. The van der Waals surface area contributed by atoms with E-state index in [1.54, 1.807) is 12.1 Å². The Labute approximate surface area is 167 Å². The molecule has 8 nitrogen and oxygen atoms in total. The number of methoxy groups -OCH3 is 3. The molecule has 1 aliphatic heterocycles. The summed E-state index contributed by atoms with van der Waals surface area (Å²) in [5.74, 6) is 0.483. The Hall–Kier alpha value is -3.49. The van der Waals surface area contributed by atoms with Crippen molar-refractivity contribution in [2.75, 3.05) is 51.2 Å². The third kappa shape index (κ3) is 4.34. The molecule has 0 aliphatic carbocycles. The minimum atomic E-state index is -0.373. The van der Waals surface area contributed by atoms with Crippen LogP contribution in [0.4, 0.5) is 20.6 Å². The van der Waals surface area contributed by atoms with Crippen LogP contribution in [-0.2, 0) is 4.79 Å². The topological polar surface area (TPSA) is 80.3 Å². The number of rotatable bonds is 7. The van der Waals surface area contributed by atoms with Crippen LogP contribution in [0.2, 0.25) is 0 Å². The number of halogens is 1. The molecule has 1 N–H and O–H groups in total. The lowest BCUT2D eigenvalue weighted by molar-refractivity contribution is -0.116. The van der Waals surface area contributed by atoms with Gasteiger partial charge in [-0.15, -0.1) is 0 Å². The van der Waals surface area contributed by atoms with E-state index in [1.165, 1.54) is 55.4 Å². The standard InChI is InChI=1S/C20H22FN3O5/c1-27-16-10-14(11-17(28-2)19(16)29-3)22-18(25)12-23-8-9-24(20(23)26)15-6-4-13(21)5-7-15/h4-7,10-11H,8-9,12H2,1-3H3,(H,22,25). The van der Waals surface area contributed by atoms with Gasteiger partial charge in [0.15, 0.2) is 11.5 Å². The second-order valence-corrected chi connectivity index (χ2v) is 6.29. The van der Waals surface area contributed by atoms with Gasteiger partial charge < -0.3 is 24.4 Å². The van der Waals surface area contributed by atoms with Crippen molar-refractivity contribution in [2.45, 2.75) is 0 Å². The number of ether oxygens (including phenoxy) is 3. The average Bonchev–Trinajstić information content (AvgIpc) is 3.07. The van der Waals surface area contributed by atoms with Crippen molar-refractivity contribution in [1.82, 2.24) is 4.90 Å². The van der Waals surface area contributed by atoms with Gasteiger partial charge in [0.2, 0.25) is 11.7 Å². The van der Waals surface area contributed by atoms with Crippen molar-refractivity contribution in [3.63, 3.8) is 0 Å². The van der Waals surface area contributed by atoms with Gasteiger partial charge in [-0.2, -0.15) is 0 Å². The number of hydrogen-bond donors (Lipinski definition) is 1. The molecule has 154 valence electrons. The van der Waals surface area contributed by atoms with Crippen LogP contribution in [-0.4, -0.2) is 57.8 Å². The fourth-order valence-electron chi connectivity index (χ4n) is 3.12. The molecule has 1 saturated heterocycles. The molecule has 0 atom stereocenters. The monoisotopic (exact) mass is 403 g/mol. The van der Waals surface area contributed by atoms with E-state index in [4.69, 9.17) is 14.2 Å². The van der Waals surface area contributed by atoms with E-state index in [0.717, 1.165) is 0 Å². The van der Waals surface area contributed by atoms with Crippen LogP contribution in [0.15, 0.2) is 36.4 Å². The molecule has 0 bridgehead atoms. The number of nitrogens with one attached hydrogen (secondary N) is 1. The van der Waals surface area contributed by atoms with Crippen molar-refractivity contribution in [1.29, 1.82) is 0 Å². The molecule has 2 aromatic rings. The Bertz CT molecular complexity index is 878. The van der Waals surface area contributed by atoms with Gasteiger partial charge in [0.1, 0.15) is 12.4 Å². The van der Waals surface area contributed by atoms with E-state index < -0.39 is 0 Å². The molecule has 3 amide bonds. The second kappa shape index (κ2) is 8.68. The van der Waals surface area contributed by atoms with Crippen LogP contribution >= 0.6 is 0 Å². The van der Waals surface area contributed by atoms with Crippen molar-refractivity contribution in [2.24, 2.45) is 0 Å². The minimum absolute atomic E-state index is 0.118. The first-order valence-corrected chi connectivity index (χ1v) is 8.88. The first-order chi connectivity index (χ1) is 14.0. The average molecular weight is 403 g/mol. The fourth-order valence-corrected chi connectivity index (χ4v) is 3.12. The number of hydrogen-bond acceptors (Lipinski definition) is 5. The molecule has 29 heavy (non-hydrogen) atoms. The second-order valence-electron chi connectivity index (χ2n) is 6.29. The first kappa shape index (κ1) is 20.2. The summed E-state index contributed by atoms with van der Waals surface area (Å²) in [5, 5.41) is 2.74. The summed E-state index contributed by atoms with van der Waals surface area (Å²) in [6.07, 6.45) is 0. The molecule has 9 heteroatoms. The van der Waals surface area contributed by atoms with E-state index in [9.17, 15) is 14.0 Å². The number of carbonyl (C=O) groups excluding carboxylic acids is 2. The van der Waals surface area contributed by atoms with Crippen LogP contribution < -0.4 is 24.4 Å². The van der Waals surface area contributed by atoms with E-state index >= 15 is 0 Å². The highest BCUT2D eigenvalue weighted by Gasteiger charge is 2.31. The number of nitrogens with zero attached hydrogens (tertiary/aromatic N) is 2. The lowest BCUT2D eigenvalue weighted by atomic mass is 10.2. The molecule has 3 rings (SSSR count). The number of anilines is 2. The van der Waals surface area contributed by atoms with Crippen molar-refractivity contribution < 1.29 is 28.2 Å². The Morgan fingerprint density at radius 2 is 1.66 bits per heavy atom. The summed E-state index contributed by atoms with van der Waals surface area (Å²) >= 11 is 0. The van der Waals surface area contributed by atoms with Gasteiger partial charge in [0.05, 0.1) is 21.3 Å². The zero-order valence-corrected chi connectivity index (χ0v) is 16.4. The van der Waals surface area contributed by atoms with Gasteiger partial charge in [-0.1, -0.05) is 0 Å². The van der Waals surface area contributed by atoms with Crippen molar-refractivity contribution in [3.05, 3.63) is 42.2 Å². The van der Waals surface area contributed by atoms with Crippen LogP contribution in [0, 0.1) is 5.82 Å². The van der Waals surface area contributed by atoms with E-state index in [-0.39, 0.29) is 24.3 Å². The fraction of sp³-hybridized carbons (Fsp3) is 0.300. The molecule has 1 fully saturated rings. The number of amides is 3.